The van der Waals surface area contributed by atoms with Crippen molar-refractivity contribution in [1.29, 1.82) is 0 Å². The van der Waals surface area contributed by atoms with E-state index in [2.05, 4.69) is 495 Å². The Morgan fingerprint density at radius 3 is 1.09 bits per heavy atom. The fraction of sp³-hybridized carbons (Fsp3) is 0.0156. The number of allylic oxidation sites excluding steroid dienone is 4. The summed E-state index contributed by atoms with van der Waals surface area (Å²) in [5, 5.41) is 16.2. The largest absolute Gasteiger partial charge is 0.455 e. The lowest BCUT2D eigenvalue weighted by Gasteiger charge is -2.31. The Balaban J connectivity index is 0.000000141. The lowest BCUT2D eigenvalue weighted by atomic mass is 9.71. The minimum Gasteiger partial charge on any atom is -0.455 e. The van der Waals surface area contributed by atoms with Gasteiger partial charge in [0.15, 0.2) is 0 Å². The molecule has 4 heterocycles. The summed E-state index contributed by atoms with van der Waals surface area (Å²) in [6, 6.07) is 168. The van der Waals surface area contributed by atoms with E-state index in [0.29, 0.717) is 5.92 Å². The SMILES string of the molecule is C1=CC2c3ccccc3-c3oc4c(-c5ccc(N(c6ccc(-c7ccccc7)cc6)c6ccc(-c7ccc8sc9cc%10ccccc%10cc9c8c7)cc6)cc5)cccc4c3C2C=C1.c1ccc(-c2ccc(N(c3ccc(-c4cccc(-c5cccc6c5oc5cc7ccccc7cc56)c4)cc3)c3ccc(-c4cccc(-c5cccc6c5sc5cc7ccccc7cc56)c4)cc3)cc2)cc1. The van der Waals surface area contributed by atoms with E-state index < -0.39 is 0 Å². The van der Waals surface area contributed by atoms with E-state index in [0.717, 1.165) is 101 Å². The van der Waals surface area contributed by atoms with E-state index in [1.165, 1.54) is 150 Å². The van der Waals surface area contributed by atoms with Crippen molar-refractivity contribution in [3.63, 3.8) is 0 Å². The van der Waals surface area contributed by atoms with Crippen LogP contribution in [0.25, 0.3) is 206 Å². The summed E-state index contributed by atoms with van der Waals surface area (Å²) in [6.07, 6.45) is 9.05. The first-order valence-corrected chi connectivity index (χ1v) is 47.6. The molecule has 0 fully saturated rings. The maximum atomic E-state index is 6.95. The molecule has 0 aliphatic heterocycles. The van der Waals surface area contributed by atoms with E-state index in [4.69, 9.17) is 8.83 Å². The number of anilines is 6. The van der Waals surface area contributed by atoms with Gasteiger partial charge < -0.3 is 18.6 Å². The summed E-state index contributed by atoms with van der Waals surface area (Å²) >= 11 is 3.76. The highest BCUT2D eigenvalue weighted by Gasteiger charge is 2.37. The smallest absolute Gasteiger partial charge is 0.143 e. The molecular formula is C128H82N2O2S2. The van der Waals surface area contributed by atoms with Crippen molar-refractivity contribution < 1.29 is 8.83 Å². The van der Waals surface area contributed by atoms with Gasteiger partial charge in [-0.05, 0) is 249 Å². The minimum atomic E-state index is 0.242. The van der Waals surface area contributed by atoms with Crippen LogP contribution in [0.15, 0.2) is 494 Å². The fourth-order valence-electron chi connectivity index (χ4n) is 20.8. The van der Waals surface area contributed by atoms with Gasteiger partial charge >= 0.3 is 0 Å². The number of fused-ring (bicyclic) bond motifs is 20. The standard InChI is InChI=1S/C68H43NOS.C60H39NOS/c1-2-12-44(13-3-1)45-26-32-56(33-27-45)69(57-34-28-46(29-35-57)48-18-8-20-54(38-48)59-22-10-24-61-63-40-50-14-4-6-16-52(50)42-65(63)70-67(59)61)58-36-30-47(31-37-58)49-19-9-21-55(39-49)60-23-11-25-62-64-41-51-15-5-7-17-53(51)43-66(64)71-68(60)62;1-2-11-38(12-3-1)39-21-28-45(29-22-39)61(46-30-23-40(24-31-46)44-27-34-56-54(36-44)55-35-42-13-4-5-14-43(42)37-57(55)63-56)47-32-25-41(26-33-47)48-19-10-20-53-58-51-17-8-6-15-49(51)50-16-7-9-18-52(50)60(58)62-59(48)53/h1-43H;1-37,49,51H. The van der Waals surface area contributed by atoms with Gasteiger partial charge in [-0.2, -0.15) is 0 Å². The number of nitrogens with zero attached hydrogens (tertiary/aromatic N) is 2. The van der Waals surface area contributed by atoms with Gasteiger partial charge in [-0.15, -0.1) is 22.7 Å². The normalized spacial score (nSPS) is 13.3. The Kier molecular flexibility index (Phi) is 19.1. The fourth-order valence-corrected chi connectivity index (χ4v) is 23.2. The van der Waals surface area contributed by atoms with Gasteiger partial charge in [-0.3, -0.25) is 0 Å². The molecule has 2 atom stereocenters. The Hall–Kier alpha value is -16.7. The third kappa shape index (κ3) is 13.9. The van der Waals surface area contributed by atoms with E-state index >= 15 is 0 Å². The Morgan fingerprint density at radius 2 is 0.552 bits per heavy atom. The van der Waals surface area contributed by atoms with Crippen molar-refractivity contribution in [2.45, 2.75) is 11.8 Å². The molecule has 21 aromatic carbocycles. The lowest BCUT2D eigenvalue weighted by molar-refractivity contribution is 0.606. The quantitative estimate of drug-likeness (QED) is 0.109. The molecule has 25 aromatic rings. The molecule has 0 saturated heterocycles. The summed E-state index contributed by atoms with van der Waals surface area (Å²) < 4.78 is 18.9. The predicted molar refractivity (Wildman–Crippen MR) is 570 cm³/mol. The Morgan fingerprint density at radius 1 is 0.201 bits per heavy atom. The lowest BCUT2D eigenvalue weighted by Crippen LogP contribution is -2.15. The number of hydrogen-bond acceptors (Lipinski definition) is 6. The number of hydrogen-bond donors (Lipinski definition) is 0. The third-order valence-corrected chi connectivity index (χ3v) is 29.8. The molecule has 27 rings (SSSR count). The van der Waals surface area contributed by atoms with Crippen LogP contribution in [0.1, 0.15) is 23.0 Å². The second kappa shape index (κ2) is 32.7. The highest BCUT2D eigenvalue weighted by atomic mass is 32.1. The van der Waals surface area contributed by atoms with Gasteiger partial charge in [-0.25, -0.2) is 0 Å². The van der Waals surface area contributed by atoms with Crippen LogP contribution in [0.2, 0.25) is 0 Å². The van der Waals surface area contributed by atoms with Crippen molar-refractivity contribution in [3.8, 4) is 100 Å². The van der Waals surface area contributed by atoms with Crippen molar-refractivity contribution in [2.24, 2.45) is 0 Å². The molecule has 0 radical (unpaired) electrons. The predicted octanol–water partition coefficient (Wildman–Crippen LogP) is 37.5. The van der Waals surface area contributed by atoms with Crippen LogP contribution in [-0.4, -0.2) is 0 Å². The van der Waals surface area contributed by atoms with E-state index in [1.54, 1.807) is 0 Å². The van der Waals surface area contributed by atoms with Crippen LogP contribution in [0.3, 0.4) is 0 Å². The maximum absolute atomic E-state index is 6.95. The zero-order chi connectivity index (χ0) is 88.3. The molecule has 4 nitrogen and oxygen atoms in total. The Bertz CT molecular complexity index is 8730. The summed E-state index contributed by atoms with van der Waals surface area (Å²) in [7, 11) is 0. The second-order valence-corrected chi connectivity index (χ2v) is 37.4. The molecule has 0 amide bonds. The van der Waals surface area contributed by atoms with Crippen molar-refractivity contribution >= 4 is 162 Å². The number of rotatable bonds is 14. The third-order valence-electron chi connectivity index (χ3n) is 27.5. The van der Waals surface area contributed by atoms with Gasteiger partial charge in [0.2, 0.25) is 0 Å². The van der Waals surface area contributed by atoms with Crippen molar-refractivity contribution in [2.75, 3.05) is 9.80 Å². The van der Waals surface area contributed by atoms with E-state index in [-0.39, 0.29) is 5.92 Å². The average Bonchev–Trinajstić information content (AvgIpc) is 1.57. The number of thiophene rings is 2. The molecule has 4 aromatic heterocycles. The van der Waals surface area contributed by atoms with Gasteiger partial charge in [-0.1, -0.05) is 352 Å². The van der Waals surface area contributed by atoms with Crippen molar-refractivity contribution in [1.82, 2.24) is 0 Å². The number of benzene rings is 21. The van der Waals surface area contributed by atoms with E-state index in [1.807, 2.05) is 22.7 Å². The van der Waals surface area contributed by atoms with Gasteiger partial charge in [0.25, 0.3) is 0 Å². The van der Waals surface area contributed by atoms with Crippen LogP contribution in [-0.2, 0) is 0 Å². The Labute approximate surface area is 783 Å². The first kappa shape index (κ1) is 78.3. The summed E-state index contributed by atoms with van der Waals surface area (Å²) in [6.45, 7) is 0. The molecule has 0 N–H and O–H groups in total. The summed E-state index contributed by atoms with van der Waals surface area (Å²) in [5.41, 5.74) is 31.9. The van der Waals surface area contributed by atoms with Crippen LogP contribution in [0, 0.1) is 0 Å². The molecule has 628 valence electrons. The highest BCUT2D eigenvalue weighted by Crippen LogP contribution is 2.55. The molecule has 2 aliphatic carbocycles. The molecule has 2 unspecified atom stereocenters. The molecule has 0 spiro atoms. The van der Waals surface area contributed by atoms with Gasteiger partial charge in [0, 0.05) is 125 Å². The molecule has 6 heteroatoms. The molecule has 0 saturated carbocycles. The molecule has 0 bridgehead atoms. The minimum absolute atomic E-state index is 0.242. The van der Waals surface area contributed by atoms with E-state index in [9.17, 15) is 0 Å². The topological polar surface area (TPSA) is 32.8 Å². The van der Waals surface area contributed by atoms with Gasteiger partial charge in [0.05, 0.1) is 0 Å². The monoisotopic (exact) mass is 1740 g/mol. The number of para-hydroxylation sites is 2. The first-order valence-electron chi connectivity index (χ1n) is 45.9. The van der Waals surface area contributed by atoms with Crippen LogP contribution < -0.4 is 9.80 Å². The zero-order valence-corrected chi connectivity index (χ0v) is 74.5. The van der Waals surface area contributed by atoms with Crippen LogP contribution >= 0.6 is 22.7 Å². The first-order chi connectivity index (χ1) is 66.4. The summed E-state index contributed by atoms with van der Waals surface area (Å²) in [4.78, 5) is 4.71. The van der Waals surface area contributed by atoms with Crippen LogP contribution in [0.5, 0.6) is 0 Å². The maximum Gasteiger partial charge on any atom is 0.143 e. The van der Waals surface area contributed by atoms with Gasteiger partial charge in [0.1, 0.15) is 22.5 Å². The molecule has 134 heavy (non-hydrogen) atoms. The second-order valence-electron chi connectivity index (χ2n) is 35.2. The molecular weight excluding hydrogens is 1660 g/mol. The molecule has 2 aliphatic rings. The van der Waals surface area contributed by atoms with Crippen molar-refractivity contribution in [3.05, 3.63) is 496 Å². The van der Waals surface area contributed by atoms with Crippen LogP contribution in [0.4, 0.5) is 34.1 Å². The summed E-state index contributed by atoms with van der Waals surface area (Å²) in [5.74, 6) is 1.54. The number of furan rings is 2. The average molecular weight is 1740 g/mol. The highest BCUT2D eigenvalue weighted by molar-refractivity contribution is 7.26. The zero-order valence-electron chi connectivity index (χ0n) is 72.9.